The number of hydrogen-bond acceptors (Lipinski definition) is 8. The molecule has 8 nitrogen and oxygen atoms in total. The second kappa shape index (κ2) is 9.50. The van der Waals surface area contributed by atoms with Crippen LogP contribution in [0.4, 0.5) is 0 Å². The Morgan fingerprint density at radius 2 is 1.77 bits per heavy atom. The van der Waals surface area contributed by atoms with E-state index in [2.05, 4.69) is 19.6 Å². The number of carbonyl (C=O) groups is 3. The van der Waals surface area contributed by atoms with Gasteiger partial charge in [-0.1, -0.05) is 41.5 Å². The number of fused-ring (bicyclic) bond motifs is 5. The molecular formula is C30H48O8Si. The third kappa shape index (κ3) is 4.29. The monoisotopic (exact) mass is 564 g/mol. The summed E-state index contributed by atoms with van der Waals surface area (Å²) in [7, 11) is -2.08. The molecule has 0 aromatic heterocycles. The van der Waals surface area contributed by atoms with Crippen molar-refractivity contribution < 1.29 is 38.1 Å². The highest BCUT2D eigenvalue weighted by molar-refractivity contribution is 6.69. The zero-order chi connectivity index (χ0) is 29.5. The van der Waals surface area contributed by atoms with Gasteiger partial charge in [0.25, 0.3) is 0 Å². The third-order valence-electron chi connectivity index (χ3n) is 10.5. The molecule has 1 N–H and O–H groups in total. The minimum absolute atomic E-state index is 0.00699. The zero-order valence-corrected chi connectivity index (χ0v) is 26.6. The molecule has 0 radical (unpaired) electrons. The van der Waals surface area contributed by atoms with Gasteiger partial charge >= 0.3 is 11.9 Å². The summed E-state index contributed by atoms with van der Waals surface area (Å²) in [6, 6.07) is 0. The minimum atomic E-state index is -2.08. The van der Waals surface area contributed by atoms with Crippen molar-refractivity contribution >= 4 is 26.0 Å². The highest BCUT2D eigenvalue weighted by Gasteiger charge is 2.76. The van der Waals surface area contributed by atoms with Crippen molar-refractivity contribution in [3.8, 4) is 0 Å². The largest absolute Gasteiger partial charge is 0.459 e. The Bertz CT molecular complexity index is 1090. The maximum absolute atomic E-state index is 14.8. The summed E-state index contributed by atoms with van der Waals surface area (Å²) < 4.78 is 25.0. The van der Waals surface area contributed by atoms with Crippen molar-refractivity contribution in [1.82, 2.24) is 0 Å². The summed E-state index contributed by atoms with van der Waals surface area (Å²) in [4.78, 5) is 40.5. The number of esters is 2. The van der Waals surface area contributed by atoms with Gasteiger partial charge in [-0.2, -0.15) is 0 Å². The van der Waals surface area contributed by atoms with Crippen molar-refractivity contribution in [2.45, 2.75) is 124 Å². The van der Waals surface area contributed by atoms with Gasteiger partial charge in [0, 0.05) is 36.5 Å². The van der Waals surface area contributed by atoms with Gasteiger partial charge in [0.2, 0.25) is 0 Å². The number of hydrogen-bond donors (Lipinski definition) is 1. The standard InChI is InChI=1S/C30H48O8Si/c1-12-22(32)36-26-24-28(8,16(2)13-21-29(24,15-35-21)37-19(5)31)25(33)18(4)23-17(3)20(38-39(9,10)11)14-30(26,34)27(23,6)7/h16,18,20-21,24,26,34H,12-15H2,1-11H3/t16-,18+,20-,21+,24?,26-,28+,29-,30+/m0/s1. The molecule has 4 aliphatic rings. The fraction of sp³-hybridized carbons (Fsp3) is 0.833. The van der Waals surface area contributed by atoms with Gasteiger partial charge in [-0.3, -0.25) is 14.4 Å². The number of ketones is 1. The quantitative estimate of drug-likeness (QED) is 0.294. The molecular weight excluding hydrogens is 516 g/mol. The lowest BCUT2D eigenvalue weighted by Crippen LogP contribution is -2.80. The molecule has 2 saturated carbocycles. The van der Waals surface area contributed by atoms with Gasteiger partial charge in [0.1, 0.15) is 23.6 Å². The molecule has 9 atom stereocenters. The molecule has 0 aromatic rings. The molecule has 0 amide bonds. The van der Waals surface area contributed by atoms with Gasteiger partial charge < -0.3 is 23.7 Å². The lowest BCUT2D eigenvalue weighted by Gasteiger charge is -2.68. The van der Waals surface area contributed by atoms with Crippen LogP contribution in [0.3, 0.4) is 0 Å². The molecule has 3 fully saturated rings. The highest BCUT2D eigenvalue weighted by atomic mass is 28.4. The molecule has 1 heterocycles. The SMILES string of the molecule is CCC(=O)O[C@H]1C2[C@](C)(C(=O)[C@H](C)C3=C(C)[C@@H](O[Si](C)(C)C)C[C@]1(O)C3(C)C)[C@@H](C)C[C@H]1OC[C@@]21OC(C)=O. The maximum Gasteiger partial charge on any atom is 0.305 e. The van der Waals surface area contributed by atoms with Crippen LogP contribution in [0.25, 0.3) is 0 Å². The average Bonchev–Trinajstić information content (AvgIpc) is 2.80. The summed E-state index contributed by atoms with van der Waals surface area (Å²) in [5.74, 6) is -2.46. The maximum atomic E-state index is 14.8. The Morgan fingerprint density at radius 3 is 2.26 bits per heavy atom. The Kier molecular flexibility index (Phi) is 7.40. The first-order chi connectivity index (χ1) is 17.8. The Balaban J connectivity index is 2.08. The fourth-order valence-corrected chi connectivity index (χ4v) is 9.58. The van der Waals surface area contributed by atoms with Gasteiger partial charge in [-0.05, 0) is 50.0 Å². The molecule has 1 unspecified atom stereocenters. The second-order valence-corrected chi connectivity index (χ2v) is 18.6. The second-order valence-electron chi connectivity index (χ2n) is 14.2. The van der Waals surface area contributed by atoms with E-state index in [0.717, 1.165) is 11.1 Å². The average molecular weight is 565 g/mol. The lowest BCUT2D eigenvalue weighted by molar-refractivity contribution is -0.341. The van der Waals surface area contributed by atoms with E-state index in [-0.39, 0.29) is 31.1 Å². The summed E-state index contributed by atoms with van der Waals surface area (Å²) in [6.45, 7) is 21.2. The molecule has 9 heteroatoms. The van der Waals surface area contributed by atoms with E-state index in [0.29, 0.717) is 6.42 Å². The summed E-state index contributed by atoms with van der Waals surface area (Å²) in [5, 5.41) is 13.1. The highest BCUT2D eigenvalue weighted by Crippen LogP contribution is 2.66. The number of Topliss-reactive ketones (excluding diaryl/α,β-unsaturated/α-hetero) is 1. The van der Waals surface area contributed by atoms with Crippen molar-refractivity contribution in [2.24, 2.45) is 28.6 Å². The van der Waals surface area contributed by atoms with E-state index < -0.39 is 72.4 Å². The number of ether oxygens (including phenoxy) is 3. The third-order valence-corrected chi connectivity index (χ3v) is 11.5. The molecule has 4 rings (SSSR count). The van der Waals surface area contributed by atoms with Crippen LogP contribution in [0.1, 0.15) is 74.7 Å². The number of rotatable bonds is 5. The molecule has 1 aliphatic heterocycles. The Morgan fingerprint density at radius 1 is 1.15 bits per heavy atom. The molecule has 3 aliphatic carbocycles. The van der Waals surface area contributed by atoms with E-state index in [1.54, 1.807) is 6.92 Å². The summed E-state index contributed by atoms with van der Waals surface area (Å²) in [5.41, 5.74) is -2.99. The van der Waals surface area contributed by atoms with Gasteiger partial charge in [0.05, 0.1) is 18.6 Å². The van der Waals surface area contributed by atoms with Crippen molar-refractivity contribution in [1.29, 1.82) is 0 Å². The van der Waals surface area contributed by atoms with Crippen LogP contribution >= 0.6 is 0 Å². The number of carbonyl (C=O) groups excluding carboxylic acids is 3. The van der Waals surface area contributed by atoms with Gasteiger partial charge in [0.15, 0.2) is 13.9 Å². The minimum Gasteiger partial charge on any atom is -0.459 e. The van der Waals surface area contributed by atoms with Crippen LogP contribution in [-0.2, 0) is 33.0 Å². The van der Waals surface area contributed by atoms with Crippen molar-refractivity contribution in [3.05, 3.63) is 11.1 Å². The molecule has 2 bridgehead atoms. The van der Waals surface area contributed by atoms with E-state index >= 15 is 0 Å². The topological polar surface area (TPSA) is 108 Å². The van der Waals surface area contributed by atoms with E-state index in [9.17, 15) is 19.5 Å². The van der Waals surface area contributed by atoms with Crippen molar-refractivity contribution in [2.75, 3.05) is 6.61 Å². The summed E-state index contributed by atoms with van der Waals surface area (Å²) in [6.07, 6.45) is -1.20. The zero-order valence-electron chi connectivity index (χ0n) is 25.6. The van der Waals surface area contributed by atoms with Gasteiger partial charge in [-0.15, -0.1) is 0 Å². The smallest absolute Gasteiger partial charge is 0.305 e. The Hall–Kier alpha value is -1.55. The first kappa shape index (κ1) is 30.4. The van der Waals surface area contributed by atoms with Crippen molar-refractivity contribution in [3.63, 3.8) is 0 Å². The molecule has 220 valence electrons. The molecule has 39 heavy (non-hydrogen) atoms. The van der Waals surface area contributed by atoms with Gasteiger partial charge in [-0.25, -0.2) is 0 Å². The van der Waals surface area contributed by atoms with Crippen LogP contribution in [-0.4, -0.2) is 67.3 Å². The lowest BCUT2D eigenvalue weighted by atomic mass is 9.42. The molecule has 1 saturated heterocycles. The molecule has 0 spiro atoms. The Labute approximate surface area is 234 Å². The van der Waals surface area contributed by atoms with E-state index in [4.69, 9.17) is 18.6 Å². The normalized spacial score (nSPS) is 43.3. The van der Waals surface area contributed by atoms with E-state index in [1.165, 1.54) is 6.92 Å². The first-order valence-electron chi connectivity index (χ1n) is 14.4. The predicted octanol–water partition coefficient (Wildman–Crippen LogP) is 4.59. The summed E-state index contributed by atoms with van der Waals surface area (Å²) >= 11 is 0. The van der Waals surface area contributed by atoms with Crippen LogP contribution in [0.2, 0.25) is 19.6 Å². The van der Waals surface area contributed by atoms with Crippen LogP contribution < -0.4 is 0 Å². The first-order valence-corrected chi connectivity index (χ1v) is 17.8. The number of aliphatic hydroxyl groups is 1. The predicted molar refractivity (Wildman–Crippen MR) is 148 cm³/mol. The van der Waals surface area contributed by atoms with Crippen LogP contribution in [0.15, 0.2) is 11.1 Å². The fourth-order valence-electron chi connectivity index (χ4n) is 8.46. The van der Waals surface area contributed by atoms with Crippen LogP contribution in [0.5, 0.6) is 0 Å². The molecule has 0 aromatic carbocycles. The van der Waals surface area contributed by atoms with E-state index in [1.807, 2.05) is 41.5 Å². The van der Waals surface area contributed by atoms with Crippen LogP contribution in [0, 0.1) is 28.6 Å².